The SMILES string of the molecule is CCS(=O)(=O)c1ccc(C(C(N)=O)c2ccc(-c3nc4ccc(C)cc4n3CC3CCC3)cc2)cc1. The molecule has 2 N–H and O–H groups in total. The topological polar surface area (TPSA) is 95.0 Å². The number of sulfone groups is 1. The number of hydrogen-bond donors (Lipinski definition) is 1. The number of fused-ring (bicyclic) bond motifs is 1. The molecule has 1 aromatic heterocycles. The first-order valence-electron chi connectivity index (χ1n) is 12.5. The van der Waals surface area contributed by atoms with Gasteiger partial charge in [-0.2, -0.15) is 0 Å². The minimum Gasteiger partial charge on any atom is -0.369 e. The van der Waals surface area contributed by atoms with E-state index < -0.39 is 21.7 Å². The summed E-state index contributed by atoms with van der Waals surface area (Å²) >= 11 is 0. The standard InChI is InChI=1S/C29H31N3O3S/c1-3-36(34,35)24-14-12-22(13-15-24)27(28(30)33)21-8-10-23(11-9-21)29-31-25-16-7-19(2)17-26(25)32(29)18-20-5-4-6-20/h7-17,20,27H,3-6,18H2,1-2H3,(H2,30,33). The number of benzene rings is 3. The van der Waals surface area contributed by atoms with Crippen molar-refractivity contribution < 1.29 is 13.2 Å². The number of aromatic nitrogens is 2. The molecule has 0 radical (unpaired) electrons. The van der Waals surface area contributed by atoms with Crippen LogP contribution in [0, 0.1) is 12.8 Å². The molecule has 1 heterocycles. The van der Waals surface area contributed by atoms with Crippen LogP contribution in [0.2, 0.25) is 0 Å². The first-order chi connectivity index (χ1) is 17.3. The molecular weight excluding hydrogens is 470 g/mol. The Morgan fingerprint density at radius 1 is 1.03 bits per heavy atom. The van der Waals surface area contributed by atoms with Crippen LogP contribution >= 0.6 is 0 Å². The molecule has 1 fully saturated rings. The highest BCUT2D eigenvalue weighted by Crippen LogP contribution is 2.34. The second kappa shape index (κ2) is 9.54. The Morgan fingerprint density at radius 2 is 1.67 bits per heavy atom. The van der Waals surface area contributed by atoms with Gasteiger partial charge in [-0.1, -0.05) is 55.8 Å². The Kier molecular flexibility index (Phi) is 6.43. The van der Waals surface area contributed by atoms with Crippen LogP contribution in [-0.2, 0) is 21.2 Å². The number of hydrogen-bond acceptors (Lipinski definition) is 4. The highest BCUT2D eigenvalue weighted by Gasteiger charge is 2.24. The summed E-state index contributed by atoms with van der Waals surface area (Å²) in [6.07, 6.45) is 3.80. The van der Waals surface area contributed by atoms with Crippen molar-refractivity contribution in [2.45, 2.75) is 50.5 Å². The van der Waals surface area contributed by atoms with Crippen molar-refractivity contribution in [3.63, 3.8) is 0 Å². The normalized spacial score (nSPS) is 15.1. The molecule has 4 aromatic rings. The third-order valence-electron chi connectivity index (χ3n) is 7.31. The smallest absolute Gasteiger partial charge is 0.229 e. The van der Waals surface area contributed by atoms with Gasteiger partial charge in [-0.3, -0.25) is 4.79 Å². The Morgan fingerprint density at radius 3 is 2.22 bits per heavy atom. The van der Waals surface area contributed by atoms with E-state index in [1.165, 1.54) is 24.8 Å². The zero-order valence-electron chi connectivity index (χ0n) is 20.6. The van der Waals surface area contributed by atoms with Crippen molar-refractivity contribution in [3.05, 3.63) is 83.4 Å². The van der Waals surface area contributed by atoms with Gasteiger partial charge in [-0.15, -0.1) is 0 Å². The summed E-state index contributed by atoms with van der Waals surface area (Å²) in [5.74, 6) is 0.479. The molecule has 1 amide bonds. The van der Waals surface area contributed by atoms with Crippen LogP contribution < -0.4 is 5.73 Å². The predicted molar refractivity (Wildman–Crippen MR) is 142 cm³/mol. The Hall–Kier alpha value is -3.45. The maximum atomic E-state index is 12.4. The molecule has 5 rings (SSSR count). The summed E-state index contributed by atoms with van der Waals surface area (Å²) < 4.78 is 26.7. The summed E-state index contributed by atoms with van der Waals surface area (Å²) in [6.45, 7) is 4.66. The molecule has 7 heteroatoms. The first kappa shape index (κ1) is 24.3. The fraction of sp³-hybridized carbons (Fsp3) is 0.310. The second-order valence-corrected chi connectivity index (χ2v) is 12.0. The van der Waals surface area contributed by atoms with E-state index >= 15 is 0 Å². The maximum absolute atomic E-state index is 12.4. The van der Waals surface area contributed by atoms with Crippen molar-refractivity contribution in [2.24, 2.45) is 11.7 Å². The number of nitrogens with two attached hydrogens (primary N) is 1. The fourth-order valence-electron chi connectivity index (χ4n) is 4.95. The summed E-state index contributed by atoms with van der Waals surface area (Å²) in [4.78, 5) is 17.6. The second-order valence-electron chi connectivity index (χ2n) is 9.76. The van der Waals surface area contributed by atoms with Crippen LogP contribution in [0.3, 0.4) is 0 Å². The van der Waals surface area contributed by atoms with Gasteiger partial charge >= 0.3 is 0 Å². The highest BCUT2D eigenvalue weighted by molar-refractivity contribution is 7.91. The van der Waals surface area contributed by atoms with Gasteiger partial charge in [0.2, 0.25) is 5.91 Å². The van der Waals surface area contributed by atoms with E-state index in [1.807, 2.05) is 24.3 Å². The number of imidazole rings is 1. The van der Waals surface area contributed by atoms with Crippen LogP contribution in [-0.4, -0.2) is 29.6 Å². The van der Waals surface area contributed by atoms with E-state index in [4.69, 9.17) is 10.7 Å². The van der Waals surface area contributed by atoms with Gasteiger partial charge in [0.1, 0.15) is 5.82 Å². The van der Waals surface area contributed by atoms with Gasteiger partial charge in [0.15, 0.2) is 9.84 Å². The number of aryl methyl sites for hydroxylation is 1. The molecule has 1 aliphatic rings. The van der Waals surface area contributed by atoms with Crippen LogP contribution in [0.4, 0.5) is 0 Å². The molecule has 1 atom stereocenters. The Bertz CT molecular complexity index is 1520. The molecule has 1 saturated carbocycles. The van der Waals surface area contributed by atoms with Gasteiger partial charge in [-0.05, 0) is 66.6 Å². The number of nitrogens with zero attached hydrogens (tertiary/aromatic N) is 2. The lowest BCUT2D eigenvalue weighted by atomic mass is 9.85. The van der Waals surface area contributed by atoms with Crippen molar-refractivity contribution in [3.8, 4) is 11.4 Å². The summed E-state index contributed by atoms with van der Waals surface area (Å²) in [5.41, 5.74) is 11.5. The Labute approximate surface area is 212 Å². The van der Waals surface area contributed by atoms with Gasteiger partial charge in [0, 0.05) is 12.1 Å². The average molecular weight is 502 g/mol. The van der Waals surface area contributed by atoms with E-state index in [1.54, 1.807) is 31.2 Å². The van der Waals surface area contributed by atoms with E-state index in [0.29, 0.717) is 11.5 Å². The van der Waals surface area contributed by atoms with Gasteiger partial charge in [0.25, 0.3) is 0 Å². The fourth-order valence-corrected chi connectivity index (χ4v) is 5.84. The van der Waals surface area contributed by atoms with Crippen molar-refractivity contribution in [2.75, 3.05) is 5.75 Å². The summed E-state index contributed by atoms with van der Waals surface area (Å²) in [6, 6.07) is 20.6. The van der Waals surface area contributed by atoms with Crippen molar-refractivity contribution in [1.29, 1.82) is 0 Å². The molecule has 186 valence electrons. The van der Waals surface area contributed by atoms with Gasteiger partial charge < -0.3 is 10.3 Å². The lowest BCUT2D eigenvalue weighted by molar-refractivity contribution is -0.118. The predicted octanol–water partition coefficient (Wildman–Crippen LogP) is 5.22. The third kappa shape index (κ3) is 4.55. The molecule has 0 aliphatic heterocycles. The largest absolute Gasteiger partial charge is 0.369 e. The quantitative estimate of drug-likeness (QED) is 0.358. The zero-order valence-corrected chi connectivity index (χ0v) is 21.5. The number of amides is 1. The number of primary amides is 1. The lowest BCUT2D eigenvalue weighted by Crippen LogP contribution is -2.22. The molecule has 6 nitrogen and oxygen atoms in total. The van der Waals surface area contributed by atoms with Crippen LogP contribution in [0.5, 0.6) is 0 Å². The maximum Gasteiger partial charge on any atom is 0.229 e. The number of carbonyl (C=O) groups excluding carboxylic acids is 1. The molecule has 0 bridgehead atoms. The van der Waals surface area contributed by atoms with Gasteiger partial charge in [-0.25, -0.2) is 13.4 Å². The zero-order chi connectivity index (χ0) is 25.4. The van der Waals surface area contributed by atoms with E-state index in [9.17, 15) is 13.2 Å². The third-order valence-corrected chi connectivity index (χ3v) is 9.06. The minimum absolute atomic E-state index is 0.0259. The molecule has 0 saturated heterocycles. The molecule has 36 heavy (non-hydrogen) atoms. The van der Waals surface area contributed by atoms with E-state index in [2.05, 4.69) is 29.7 Å². The highest BCUT2D eigenvalue weighted by atomic mass is 32.2. The lowest BCUT2D eigenvalue weighted by Gasteiger charge is -2.26. The van der Waals surface area contributed by atoms with E-state index in [0.717, 1.165) is 34.5 Å². The Balaban J connectivity index is 1.50. The summed E-state index contributed by atoms with van der Waals surface area (Å²) in [5, 5.41) is 0. The monoisotopic (exact) mass is 501 g/mol. The average Bonchev–Trinajstić information content (AvgIpc) is 3.19. The van der Waals surface area contributed by atoms with Crippen LogP contribution in [0.1, 0.15) is 48.8 Å². The molecule has 3 aromatic carbocycles. The van der Waals surface area contributed by atoms with Crippen LogP contribution in [0.15, 0.2) is 71.6 Å². The molecule has 1 unspecified atom stereocenters. The molecule has 0 spiro atoms. The van der Waals surface area contributed by atoms with Gasteiger partial charge in [0.05, 0.1) is 27.6 Å². The number of carbonyl (C=O) groups is 1. The molecular formula is C29H31N3O3S. The van der Waals surface area contributed by atoms with Crippen molar-refractivity contribution in [1.82, 2.24) is 9.55 Å². The van der Waals surface area contributed by atoms with Crippen molar-refractivity contribution >= 4 is 26.8 Å². The summed E-state index contributed by atoms with van der Waals surface area (Å²) in [7, 11) is -3.31. The first-order valence-corrected chi connectivity index (χ1v) is 14.1. The molecule has 1 aliphatic carbocycles. The number of rotatable bonds is 8. The van der Waals surface area contributed by atoms with Crippen LogP contribution in [0.25, 0.3) is 22.4 Å². The minimum atomic E-state index is -3.31. The van der Waals surface area contributed by atoms with E-state index in [-0.39, 0.29) is 10.6 Å².